The Kier molecular flexibility index (Phi) is 4.24. The van der Waals surface area contributed by atoms with Gasteiger partial charge in [0.1, 0.15) is 6.35 Å². The first-order valence-corrected chi connectivity index (χ1v) is 7.55. The Morgan fingerprint density at radius 2 is 2.29 bits per heavy atom. The van der Waals surface area contributed by atoms with Gasteiger partial charge in [-0.15, -0.1) is 0 Å². The molecule has 2 rings (SSSR count). The molecule has 2 aromatic rings. The van der Waals surface area contributed by atoms with Crippen LogP contribution < -0.4 is 11.3 Å². The molecular weight excluding hydrogens is 301 g/mol. The van der Waals surface area contributed by atoms with Gasteiger partial charge in [-0.2, -0.15) is 4.98 Å². The number of anilines is 1. The smallest absolute Gasteiger partial charge is 0.350 e. The van der Waals surface area contributed by atoms with E-state index in [1.54, 1.807) is 4.57 Å². The molecule has 0 atom stereocenters. The third-order valence-electron chi connectivity index (χ3n) is 2.45. The molecule has 0 aromatic carbocycles. The van der Waals surface area contributed by atoms with Crippen LogP contribution in [0.2, 0.25) is 0 Å². The highest BCUT2D eigenvalue weighted by atomic mass is 31.2. The predicted molar refractivity (Wildman–Crippen MR) is 74.6 cm³/mol. The number of hydrogen-bond acceptors (Lipinski definition) is 6. The van der Waals surface area contributed by atoms with E-state index in [9.17, 15) is 9.36 Å². The minimum Gasteiger partial charge on any atom is -0.369 e. The third kappa shape index (κ3) is 3.99. The van der Waals surface area contributed by atoms with Crippen molar-refractivity contribution in [2.45, 2.75) is 6.54 Å². The van der Waals surface area contributed by atoms with Gasteiger partial charge in [0.05, 0.1) is 12.9 Å². The summed E-state index contributed by atoms with van der Waals surface area (Å²) in [5.41, 5.74) is 6.00. The lowest BCUT2D eigenvalue weighted by Gasteiger charge is -2.09. The summed E-state index contributed by atoms with van der Waals surface area (Å²) in [5, 5.41) is 0. The van der Waals surface area contributed by atoms with E-state index in [0.29, 0.717) is 11.2 Å². The van der Waals surface area contributed by atoms with Gasteiger partial charge in [0.2, 0.25) is 5.95 Å². The highest BCUT2D eigenvalue weighted by molar-refractivity contribution is 7.51. The predicted octanol–water partition coefficient (Wildman–Crippen LogP) is -0.590. The summed E-state index contributed by atoms with van der Waals surface area (Å²) in [4.78, 5) is 39.2. The van der Waals surface area contributed by atoms with Crippen molar-refractivity contribution in [3.8, 4) is 0 Å². The number of H-pyrrole nitrogens is 1. The maximum atomic E-state index is 11.6. The molecule has 0 saturated heterocycles. The normalized spacial score (nSPS) is 11.9. The lowest BCUT2D eigenvalue weighted by molar-refractivity contribution is 0.176. The van der Waals surface area contributed by atoms with E-state index in [0.717, 1.165) is 0 Å². The fraction of sp³-hybridized carbons (Fsp3) is 0.300. The Hall–Kier alpha value is -2.00. The molecular formula is C10H14N5O5P. The molecule has 0 aliphatic carbocycles. The van der Waals surface area contributed by atoms with Gasteiger partial charge in [-0.05, 0) is 5.57 Å². The standard InChI is InChI=1S/C10H14N5O5P/c1-6(3-20-5-21(17,18)19)2-15-4-12-7-8(15)13-10(11)14-9(7)16/h4H,1-3,5H2,(H2,17,18,19)(H3,11,13,14,16). The van der Waals surface area contributed by atoms with Crippen LogP contribution in [0.5, 0.6) is 0 Å². The van der Waals surface area contributed by atoms with E-state index in [-0.39, 0.29) is 24.6 Å². The summed E-state index contributed by atoms with van der Waals surface area (Å²) in [6, 6.07) is 0. The van der Waals surface area contributed by atoms with E-state index >= 15 is 0 Å². The van der Waals surface area contributed by atoms with E-state index in [4.69, 9.17) is 20.3 Å². The van der Waals surface area contributed by atoms with Crippen molar-refractivity contribution in [2.75, 3.05) is 18.7 Å². The zero-order valence-electron chi connectivity index (χ0n) is 10.9. The van der Waals surface area contributed by atoms with Gasteiger partial charge >= 0.3 is 7.60 Å². The van der Waals surface area contributed by atoms with Crippen LogP contribution in [0.15, 0.2) is 23.3 Å². The molecule has 0 amide bonds. The average molecular weight is 315 g/mol. The summed E-state index contributed by atoms with van der Waals surface area (Å²) in [7, 11) is -4.20. The van der Waals surface area contributed by atoms with Gasteiger partial charge < -0.3 is 24.8 Å². The quantitative estimate of drug-likeness (QED) is 0.407. The maximum Gasteiger partial charge on any atom is 0.350 e. The summed E-state index contributed by atoms with van der Waals surface area (Å²) in [5.74, 6) is -0.0300. The van der Waals surface area contributed by atoms with Crippen LogP contribution >= 0.6 is 7.60 Å². The van der Waals surface area contributed by atoms with Crippen molar-refractivity contribution >= 4 is 24.7 Å². The molecule has 114 valence electrons. The van der Waals surface area contributed by atoms with Crippen LogP contribution in [-0.4, -0.2) is 42.3 Å². The first-order valence-electron chi connectivity index (χ1n) is 5.76. The van der Waals surface area contributed by atoms with Crippen molar-refractivity contribution in [2.24, 2.45) is 0 Å². The largest absolute Gasteiger partial charge is 0.369 e. The number of nitrogens with two attached hydrogens (primary N) is 1. The second kappa shape index (κ2) is 5.78. The van der Waals surface area contributed by atoms with Crippen molar-refractivity contribution in [1.29, 1.82) is 0 Å². The number of fused-ring (bicyclic) bond motifs is 1. The number of aromatic nitrogens is 4. The minimum absolute atomic E-state index is 0.0300. The summed E-state index contributed by atoms with van der Waals surface area (Å²) in [6.45, 7) is 3.92. The molecule has 2 heterocycles. The number of imidazole rings is 1. The second-order valence-corrected chi connectivity index (χ2v) is 5.98. The molecule has 0 spiro atoms. The van der Waals surface area contributed by atoms with Crippen LogP contribution in [-0.2, 0) is 15.8 Å². The molecule has 10 nitrogen and oxygen atoms in total. The fourth-order valence-corrected chi connectivity index (χ4v) is 2.01. The highest BCUT2D eigenvalue weighted by Gasteiger charge is 2.13. The summed E-state index contributed by atoms with van der Waals surface area (Å²) in [6.07, 6.45) is 0.724. The van der Waals surface area contributed by atoms with Crippen LogP contribution in [0, 0.1) is 0 Å². The van der Waals surface area contributed by atoms with Crippen molar-refractivity contribution < 1.29 is 19.1 Å². The lowest BCUT2D eigenvalue weighted by Crippen LogP contribution is -2.13. The zero-order chi connectivity index (χ0) is 15.6. The van der Waals surface area contributed by atoms with Crippen molar-refractivity contribution in [3.63, 3.8) is 0 Å². The fourth-order valence-electron chi connectivity index (χ4n) is 1.68. The van der Waals surface area contributed by atoms with Crippen LogP contribution in [0.1, 0.15) is 0 Å². The Bertz CT molecular complexity index is 776. The average Bonchev–Trinajstić information content (AvgIpc) is 2.71. The Morgan fingerprint density at radius 3 is 2.95 bits per heavy atom. The maximum absolute atomic E-state index is 11.6. The summed E-state index contributed by atoms with van der Waals surface area (Å²) >= 11 is 0. The van der Waals surface area contributed by atoms with Gasteiger partial charge in [-0.25, -0.2) is 4.98 Å². The van der Waals surface area contributed by atoms with Crippen molar-refractivity contribution in [1.82, 2.24) is 19.5 Å². The van der Waals surface area contributed by atoms with E-state index < -0.39 is 19.5 Å². The first kappa shape index (κ1) is 15.4. The van der Waals surface area contributed by atoms with Gasteiger partial charge in [0.15, 0.2) is 11.2 Å². The Morgan fingerprint density at radius 1 is 1.57 bits per heavy atom. The molecule has 0 bridgehead atoms. The minimum atomic E-state index is -4.20. The van der Waals surface area contributed by atoms with Crippen LogP contribution in [0.25, 0.3) is 11.2 Å². The number of nitrogens with zero attached hydrogens (tertiary/aromatic N) is 3. The van der Waals surface area contributed by atoms with Crippen LogP contribution in [0.4, 0.5) is 5.95 Å². The number of nitrogens with one attached hydrogen (secondary N) is 1. The molecule has 0 fully saturated rings. The molecule has 0 saturated carbocycles. The number of ether oxygens (including phenoxy) is 1. The molecule has 11 heteroatoms. The van der Waals surface area contributed by atoms with Gasteiger partial charge in [-0.3, -0.25) is 14.3 Å². The molecule has 21 heavy (non-hydrogen) atoms. The third-order valence-corrected chi connectivity index (χ3v) is 2.97. The topological polar surface area (TPSA) is 156 Å². The van der Waals surface area contributed by atoms with E-state index in [2.05, 4.69) is 21.5 Å². The number of rotatable bonds is 6. The highest BCUT2D eigenvalue weighted by Crippen LogP contribution is 2.33. The number of hydrogen-bond donors (Lipinski definition) is 4. The Labute approximate surface area is 118 Å². The molecule has 0 radical (unpaired) electrons. The van der Waals surface area contributed by atoms with Gasteiger partial charge in [0.25, 0.3) is 5.56 Å². The van der Waals surface area contributed by atoms with E-state index in [1.807, 2.05) is 0 Å². The Balaban J connectivity index is 2.08. The molecule has 0 unspecified atom stereocenters. The molecule has 0 aliphatic rings. The summed E-state index contributed by atoms with van der Waals surface area (Å²) < 4.78 is 17.0. The molecule has 5 N–H and O–H groups in total. The number of aromatic amines is 1. The van der Waals surface area contributed by atoms with Crippen molar-refractivity contribution in [3.05, 3.63) is 28.8 Å². The monoisotopic (exact) mass is 315 g/mol. The first-order chi connectivity index (χ1) is 9.76. The lowest BCUT2D eigenvalue weighted by atomic mass is 10.3. The van der Waals surface area contributed by atoms with Crippen LogP contribution in [0.3, 0.4) is 0 Å². The number of nitrogen functional groups attached to an aromatic ring is 1. The molecule has 2 aromatic heterocycles. The zero-order valence-corrected chi connectivity index (χ0v) is 11.8. The van der Waals surface area contributed by atoms with Gasteiger partial charge in [0, 0.05) is 6.54 Å². The van der Waals surface area contributed by atoms with E-state index in [1.165, 1.54) is 6.33 Å². The molecule has 0 aliphatic heterocycles. The SMILES string of the molecule is C=C(COCP(=O)(O)O)Cn1cnc2c(=O)[nH]c(N)nc21. The van der Waals surface area contributed by atoms with Gasteiger partial charge in [-0.1, -0.05) is 6.58 Å². The second-order valence-electron chi connectivity index (χ2n) is 4.39.